The fraction of sp³-hybridized carbons (Fsp3) is 1.00. The lowest BCUT2D eigenvalue weighted by atomic mass is 9.69. The summed E-state index contributed by atoms with van der Waals surface area (Å²) in [4.78, 5) is 5.05. The molecule has 116 valence electrons. The molecule has 1 saturated heterocycles. The van der Waals surface area contributed by atoms with E-state index < -0.39 is 0 Å². The number of likely N-dealkylation sites (N-methyl/N-ethyl adjacent to an activating group) is 1. The Morgan fingerprint density at radius 3 is 2.35 bits per heavy atom. The predicted octanol–water partition coefficient (Wildman–Crippen LogP) is 2.04. The Morgan fingerprint density at radius 2 is 1.80 bits per heavy atom. The molecule has 0 radical (unpaired) electrons. The second-order valence-electron chi connectivity index (χ2n) is 8.26. The zero-order chi connectivity index (χ0) is 14.4. The van der Waals surface area contributed by atoms with E-state index in [1.54, 1.807) is 0 Å². The van der Waals surface area contributed by atoms with Crippen molar-refractivity contribution in [1.29, 1.82) is 0 Å². The van der Waals surface area contributed by atoms with Crippen LogP contribution in [0.15, 0.2) is 0 Å². The van der Waals surface area contributed by atoms with E-state index in [4.69, 9.17) is 0 Å². The fourth-order valence-corrected chi connectivity index (χ4v) is 4.98. The molecule has 2 saturated carbocycles. The Morgan fingerprint density at radius 1 is 1.10 bits per heavy atom. The van der Waals surface area contributed by atoms with Crippen molar-refractivity contribution in [2.75, 3.05) is 46.3 Å². The van der Waals surface area contributed by atoms with E-state index in [0.29, 0.717) is 10.8 Å². The summed E-state index contributed by atoms with van der Waals surface area (Å²) in [5.41, 5.74) is 1.07. The molecule has 0 amide bonds. The first-order valence-electron chi connectivity index (χ1n) is 8.58. The molecule has 3 nitrogen and oxygen atoms in total. The predicted molar refractivity (Wildman–Crippen MR) is 85.0 cm³/mol. The molecule has 2 aliphatic carbocycles. The SMILES string of the molecule is CN1CCN(CCNC2CC3CCC2(C)C3(C)C)CC1. The smallest absolute Gasteiger partial charge is 0.0129 e. The molecule has 3 heteroatoms. The van der Waals surface area contributed by atoms with E-state index in [2.05, 4.69) is 42.9 Å². The Bertz CT molecular complexity index is 346. The first-order valence-corrected chi connectivity index (χ1v) is 8.58. The van der Waals surface area contributed by atoms with Gasteiger partial charge in [0.2, 0.25) is 0 Å². The molecule has 3 rings (SSSR count). The summed E-state index contributed by atoms with van der Waals surface area (Å²) in [5, 5.41) is 3.91. The Labute approximate surface area is 125 Å². The van der Waals surface area contributed by atoms with Gasteiger partial charge in [-0.3, -0.25) is 4.90 Å². The minimum absolute atomic E-state index is 0.528. The Kier molecular flexibility index (Phi) is 3.89. The lowest BCUT2D eigenvalue weighted by Gasteiger charge is -2.40. The summed E-state index contributed by atoms with van der Waals surface area (Å²) in [6, 6.07) is 0.753. The van der Waals surface area contributed by atoms with E-state index >= 15 is 0 Å². The van der Waals surface area contributed by atoms with Gasteiger partial charge in [-0.1, -0.05) is 20.8 Å². The molecule has 0 aromatic rings. The molecule has 1 N–H and O–H groups in total. The van der Waals surface area contributed by atoms with Gasteiger partial charge < -0.3 is 10.2 Å². The van der Waals surface area contributed by atoms with Crippen molar-refractivity contribution in [3.05, 3.63) is 0 Å². The van der Waals surface area contributed by atoms with Crippen molar-refractivity contribution in [2.45, 2.75) is 46.1 Å². The normalized spacial score (nSPS) is 41.4. The van der Waals surface area contributed by atoms with Crippen LogP contribution in [0.4, 0.5) is 0 Å². The van der Waals surface area contributed by atoms with E-state index in [9.17, 15) is 0 Å². The van der Waals surface area contributed by atoms with Gasteiger partial charge in [0.1, 0.15) is 0 Å². The summed E-state index contributed by atoms with van der Waals surface area (Å²) in [5.74, 6) is 0.952. The molecular formula is C17H33N3. The van der Waals surface area contributed by atoms with E-state index in [-0.39, 0.29) is 0 Å². The van der Waals surface area contributed by atoms with Gasteiger partial charge in [0.05, 0.1) is 0 Å². The van der Waals surface area contributed by atoms with Gasteiger partial charge in [-0.2, -0.15) is 0 Å². The first-order chi connectivity index (χ1) is 9.43. The monoisotopic (exact) mass is 279 g/mol. The molecule has 3 aliphatic rings. The van der Waals surface area contributed by atoms with Gasteiger partial charge in [0, 0.05) is 45.3 Å². The number of rotatable bonds is 4. The zero-order valence-corrected chi connectivity index (χ0v) is 13.9. The lowest BCUT2D eigenvalue weighted by molar-refractivity contribution is 0.114. The number of hydrogen-bond donors (Lipinski definition) is 1. The van der Waals surface area contributed by atoms with Gasteiger partial charge in [-0.05, 0) is 43.1 Å². The lowest BCUT2D eigenvalue weighted by Crippen LogP contribution is -2.49. The third-order valence-corrected chi connectivity index (χ3v) is 7.21. The van der Waals surface area contributed by atoms with E-state index in [0.717, 1.165) is 12.0 Å². The maximum absolute atomic E-state index is 3.91. The number of piperazine rings is 1. The van der Waals surface area contributed by atoms with Gasteiger partial charge >= 0.3 is 0 Å². The number of nitrogens with one attached hydrogen (secondary N) is 1. The van der Waals surface area contributed by atoms with Crippen LogP contribution in [0.25, 0.3) is 0 Å². The van der Waals surface area contributed by atoms with Crippen molar-refractivity contribution in [3.63, 3.8) is 0 Å². The topological polar surface area (TPSA) is 18.5 Å². The highest BCUT2D eigenvalue weighted by atomic mass is 15.2. The molecule has 0 aromatic carbocycles. The number of hydrogen-bond acceptors (Lipinski definition) is 3. The van der Waals surface area contributed by atoms with Crippen LogP contribution in [-0.2, 0) is 0 Å². The fourth-order valence-electron chi connectivity index (χ4n) is 4.98. The molecule has 3 unspecified atom stereocenters. The molecule has 3 atom stereocenters. The number of fused-ring (bicyclic) bond motifs is 2. The summed E-state index contributed by atoms with van der Waals surface area (Å²) in [6.07, 6.45) is 4.29. The van der Waals surface area contributed by atoms with Crippen molar-refractivity contribution >= 4 is 0 Å². The maximum atomic E-state index is 3.91. The number of nitrogens with zero attached hydrogens (tertiary/aromatic N) is 2. The molecule has 1 aliphatic heterocycles. The highest BCUT2D eigenvalue weighted by molar-refractivity contribution is 5.12. The van der Waals surface area contributed by atoms with Gasteiger partial charge in [-0.25, -0.2) is 0 Å². The van der Waals surface area contributed by atoms with Crippen LogP contribution in [0.2, 0.25) is 0 Å². The van der Waals surface area contributed by atoms with Crippen LogP contribution < -0.4 is 5.32 Å². The van der Waals surface area contributed by atoms with E-state index in [1.165, 1.54) is 58.5 Å². The van der Waals surface area contributed by atoms with Crippen LogP contribution in [0.5, 0.6) is 0 Å². The van der Waals surface area contributed by atoms with Crippen LogP contribution >= 0.6 is 0 Å². The van der Waals surface area contributed by atoms with Crippen LogP contribution in [0, 0.1) is 16.7 Å². The van der Waals surface area contributed by atoms with Crippen molar-refractivity contribution in [3.8, 4) is 0 Å². The Hall–Kier alpha value is -0.120. The Balaban J connectivity index is 1.46. The van der Waals surface area contributed by atoms with Gasteiger partial charge in [0.15, 0.2) is 0 Å². The summed E-state index contributed by atoms with van der Waals surface area (Å²) in [7, 11) is 2.23. The first kappa shape index (κ1) is 14.8. The maximum Gasteiger partial charge on any atom is 0.0129 e. The second kappa shape index (κ2) is 5.26. The second-order valence-corrected chi connectivity index (χ2v) is 8.26. The molecular weight excluding hydrogens is 246 g/mol. The summed E-state index contributed by atoms with van der Waals surface area (Å²) >= 11 is 0. The minimum atomic E-state index is 0.528. The molecule has 2 bridgehead atoms. The summed E-state index contributed by atoms with van der Waals surface area (Å²) in [6.45, 7) is 14.9. The van der Waals surface area contributed by atoms with Gasteiger partial charge in [-0.15, -0.1) is 0 Å². The molecule has 0 aromatic heterocycles. The summed E-state index contributed by atoms with van der Waals surface area (Å²) < 4.78 is 0. The van der Waals surface area contributed by atoms with Gasteiger partial charge in [0.25, 0.3) is 0 Å². The standard InChI is InChI=1S/C17H33N3/c1-16(2)14-5-6-17(16,3)15(13-14)18-7-8-20-11-9-19(4)10-12-20/h14-15,18H,5-13H2,1-4H3. The average molecular weight is 279 g/mol. The highest BCUT2D eigenvalue weighted by Gasteiger charge is 2.60. The largest absolute Gasteiger partial charge is 0.312 e. The van der Waals surface area contributed by atoms with Crippen LogP contribution in [0.3, 0.4) is 0 Å². The highest BCUT2D eigenvalue weighted by Crippen LogP contribution is 2.65. The van der Waals surface area contributed by atoms with E-state index in [1.807, 2.05) is 0 Å². The van der Waals surface area contributed by atoms with Crippen molar-refractivity contribution in [2.24, 2.45) is 16.7 Å². The zero-order valence-electron chi connectivity index (χ0n) is 13.9. The molecule has 20 heavy (non-hydrogen) atoms. The molecule has 3 fully saturated rings. The van der Waals surface area contributed by atoms with Crippen molar-refractivity contribution < 1.29 is 0 Å². The average Bonchev–Trinajstić information content (AvgIpc) is 2.74. The van der Waals surface area contributed by atoms with Crippen LogP contribution in [0.1, 0.15) is 40.0 Å². The molecule has 0 spiro atoms. The van der Waals surface area contributed by atoms with Crippen molar-refractivity contribution in [1.82, 2.24) is 15.1 Å². The quantitative estimate of drug-likeness (QED) is 0.849. The minimum Gasteiger partial charge on any atom is -0.312 e. The third kappa shape index (κ3) is 2.32. The molecule has 1 heterocycles. The third-order valence-electron chi connectivity index (χ3n) is 7.21. The van der Waals surface area contributed by atoms with Crippen LogP contribution in [-0.4, -0.2) is 62.2 Å².